The summed E-state index contributed by atoms with van der Waals surface area (Å²) in [5.74, 6) is 0. The van der Waals surface area contributed by atoms with Gasteiger partial charge in [0, 0.05) is 40.4 Å². The number of aromatic amines is 1. The summed E-state index contributed by atoms with van der Waals surface area (Å²) in [4.78, 5) is 7.71. The van der Waals surface area contributed by atoms with Gasteiger partial charge in [0.05, 0.1) is 20.3 Å². The van der Waals surface area contributed by atoms with E-state index in [2.05, 4.69) is 37.6 Å². The summed E-state index contributed by atoms with van der Waals surface area (Å²) in [6, 6.07) is 16.2. The highest BCUT2D eigenvalue weighted by Crippen LogP contribution is 2.28. The number of anilines is 3. The number of H-pyrrole nitrogens is 1. The number of nitrogens with zero attached hydrogens (tertiary/aromatic N) is 3. The number of hydrogen-bond acceptors (Lipinski definition) is 6. The molecule has 2 aromatic carbocycles. The Bertz CT molecular complexity index is 1330. The van der Waals surface area contributed by atoms with E-state index in [9.17, 15) is 0 Å². The van der Waals surface area contributed by atoms with Crippen molar-refractivity contribution >= 4 is 28.0 Å². The first-order valence-electron chi connectivity index (χ1n) is 11.2. The lowest BCUT2D eigenvalue weighted by atomic mass is 10.0. The van der Waals surface area contributed by atoms with Gasteiger partial charge in [-0.15, -0.1) is 0 Å². The van der Waals surface area contributed by atoms with E-state index >= 15 is 0 Å². The zero-order valence-corrected chi connectivity index (χ0v) is 17.9. The van der Waals surface area contributed by atoms with Crippen molar-refractivity contribution in [3.63, 3.8) is 0 Å². The number of aryl methyl sites for hydroxylation is 1. The van der Waals surface area contributed by atoms with Gasteiger partial charge in [0.1, 0.15) is 0 Å². The Hall–Kier alpha value is -3.71. The lowest BCUT2D eigenvalue weighted by Crippen LogP contribution is -2.14. The second-order valence-corrected chi connectivity index (χ2v) is 8.24. The van der Waals surface area contributed by atoms with Crippen LogP contribution in [0.1, 0.15) is 25.1 Å². The Kier molecular flexibility index (Phi) is 5.01. The average molecular weight is 429 g/mol. The number of ether oxygens (including phenoxy) is 1. The number of nitrogens with two attached hydrogens (primary N) is 1. The Morgan fingerprint density at radius 2 is 1.97 bits per heavy atom. The van der Waals surface area contributed by atoms with Crippen LogP contribution in [0.3, 0.4) is 0 Å². The number of pyridine rings is 1. The van der Waals surface area contributed by atoms with Crippen LogP contribution in [0, 0.1) is 0 Å². The maximum Gasteiger partial charge on any atom is 0.211 e. The molecule has 2 aromatic heterocycles. The number of hydrogen-bond donors (Lipinski definition) is 3. The van der Waals surface area contributed by atoms with E-state index in [0.29, 0.717) is 31.4 Å². The largest absolute Gasteiger partial charge is 0.399 e. The Morgan fingerprint density at radius 3 is 2.84 bits per heavy atom. The number of aromatic nitrogens is 2. The molecule has 3 heterocycles. The van der Waals surface area contributed by atoms with Gasteiger partial charge in [0.15, 0.2) is 0 Å². The van der Waals surface area contributed by atoms with Crippen molar-refractivity contribution in [3.05, 3.63) is 83.8 Å². The van der Waals surface area contributed by atoms with Crippen molar-refractivity contribution in [1.29, 1.82) is 0 Å². The molecule has 1 aliphatic rings. The summed E-state index contributed by atoms with van der Waals surface area (Å²) in [7, 11) is 0. The summed E-state index contributed by atoms with van der Waals surface area (Å²) in [5, 5.41) is 12.6. The maximum absolute atomic E-state index is 8.57. The topological polar surface area (TPSA) is 101 Å². The van der Waals surface area contributed by atoms with Crippen LogP contribution < -0.4 is 11.1 Å². The van der Waals surface area contributed by atoms with E-state index in [1.165, 1.54) is 10.9 Å². The zero-order chi connectivity index (χ0) is 22.8. The average Bonchev–Trinajstić information content (AvgIpc) is 3.41. The number of nitrogens with one attached hydrogen (secondary N) is 2. The number of rotatable bonds is 9. The van der Waals surface area contributed by atoms with Crippen LogP contribution in [0.15, 0.2) is 77.2 Å². The molecule has 0 fully saturated rings. The van der Waals surface area contributed by atoms with Crippen LogP contribution in [0.5, 0.6) is 0 Å². The van der Waals surface area contributed by atoms with Crippen LogP contribution >= 0.6 is 0 Å². The molecule has 4 N–H and O–H groups in total. The van der Waals surface area contributed by atoms with Crippen LogP contribution in [0.4, 0.5) is 17.1 Å². The Morgan fingerprint density at radius 1 is 1.12 bits per heavy atom. The van der Waals surface area contributed by atoms with Gasteiger partial charge in [-0.3, -0.25) is 4.98 Å². The second-order valence-electron chi connectivity index (χ2n) is 8.24. The van der Waals surface area contributed by atoms with E-state index in [1.807, 2.05) is 43.5 Å². The standard InChI is InChI=1S/C25H26N6O/c1-25(30-31-25)16-32-15-21-13-20(10-11-27-21)29-23-9-8-19(26)12-17(23)6-7-18-14-28-24-5-3-2-4-22(18)24/h2-5,8-14,28H,6-7,15-16,26H2,1H3,(H,27,29)/i12T. The molecule has 1 aliphatic heterocycles. The highest BCUT2D eigenvalue weighted by Gasteiger charge is 2.33. The molecule has 0 bridgehead atoms. The molecule has 7 heteroatoms. The number of fused-ring (bicyclic) bond motifs is 1. The van der Waals surface area contributed by atoms with Crippen molar-refractivity contribution in [3.8, 4) is 0 Å². The third-order valence-corrected chi connectivity index (χ3v) is 5.53. The highest BCUT2D eigenvalue weighted by molar-refractivity contribution is 5.83. The summed E-state index contributed by atoms with van der Waals surface area (Å²) >= 11 is 0. The van der Waals surface area contributed by atoms with Gasteiger partial charge in [-0.25, -0.2) is 0 Å². The van der Waals surface area contributed by atoms with Gasteiger partial charge in [0.2, 0.25) is 5.66 Å². The normalized spacial score (nSPS) is 14.5. The number of benzene rings is 2. The van der Waals surface area contributed by atoms with Crippen molar-refractivity contribution in [2.45, 2.75) is 32.0 Å². The van der Waals surface area contributed by atoms with Gasteiger partial charge in [-0.2, -0.15) is 10.2 Å². The lowest BCUT2D eigenvalue weighted by molar-refractivity contribution is 0.0983. The molecular formula is C25H26N6O. The van der Waals surface area contributed by atoms with Crippen LogP contribution in [-0.2, 0) is 24.2 Å². The molecule has 0 radical (unpaired) electrons. The highest BCUT2D eigenvalue weighted by atomic mass is 16.5. The van der Waals surface area contributed by atoms with Crippen LogP contribution in [0.25, 0.3) is 10.9 Å². The number of nitrogen functional groups attached to an aromatic ring is 1. The third-order valence-electron chi connectivity index (χ3n) is 5.53. The van der Waals surface area contributed by atoms with E-state index < -0.39 is 0 Å². The van der Waals surface area contributed by atoms with Gasteiger partial charge in [-0.1, -0.05) is 18.2 Å². The Labute approximate surface area is 188 Å². The predicted octanol–water partition coefficient (Wildman–Crippen LogP) is 5.37. The molecule has 4 aromatic rings. The first-order chi connectivity index (χ1) is 16.0. The minimum absolute atomic E-state index is 0.364. The minimum Gasteiger partial charge on any atom is -0.399 e. The predicted molar refractivity (Wildman–Crippen MR) is 127 cm³/mol. The van der Waals surface area contributed by atoms with Crippen LogP contribution in [0.2, 0.25) is 0 Å². The van der Waals surface area contributed by atoms with E-state index in [0.717, 1.165) is 34.6 Å². The summed E-state index contributed by atoms with van der Waals surface area (Å²) in [5.41, 5.74) is 12.0. The van der Waals surface area contributed by atoms with E-state index in [-0.39, 0.29) is 5.66 Å². The van der Waals surface area contributed by atoms with E-state index in [4.69, 9.17) is 11.8 Å². The molecule has 32 heavy (non-hydrogen) atoms. The smallest absolute Gasteiger partial charge is 0.211 e. The van der Waals surface area contributed by atoms with Crippen molar-refractivity contribution in [1.82, 2.24) is 9.97 Å². The zero-order valence-electron chi connectivity index (χ0n) is 18.9. The van der Waals surface area contributed by atoms with Gasteiger partial charge < -0.3 is 20.8 Å². The molecule has 0 unspecified atom stereocenters. The molecule has 5 rings (SSSR count). The molecule has 0 saturated heterocycles. The summed E-state index contributed by atoms with van der Waals surface area (Å²) in [6.45, 7) is 2.76. The van der Waals surface area contributed by atoms with Crippen molar-refractivity contribution in [2.75, 3.05) is 17.7 Å². The SMILES string of the molecule is [3H]c1c(N)ccc(Nc2ccnc(COCC3(C)N=N3)c2)c1CCc1c[nH]c2ccccc12. The monoisotopic (exact) mass is 428 g/mol. The third kappa shape index (κ3) is 4.63. The second kappa shape index (κ2) is 8.43. The fraction of sp³-hybridized carbons (Fsp3) is 0.240. The number of para-hydroxylation sites is 1. The van der Waals surface area contributed by atoms with Gasteiger partial charge in [0.25, 0.3) is 0 Å². The Balaban J connectivity index is 1.32. The van der Waals surface area contributed by atoms with E-state index in [1.54, 1.807) is 12.3 Å². The molecule has 162 valence electrons. The van der Waals surface area contributed by atoms with Gasteiger partial charge >= 0.3 is 0 Å². The van der Waals surface area contributed by atoms with Gasteiger partial charge in [-0.05, 0) is 67.3 Å². The quantitative estimate of drug-likeness (QED) is 0.312. The fourth-order valence-corrected chi connectivity index (χ4v) is 3.75. The molecule has 0 atom stereocenters. The molecular weight excluding hydrogens is 400 g/mol. The van der Waals surface area contributed by atoms with Crippen molar-refractivity contribution < 1.29 is 6.11 Å². The molecule has 7 nitrogen and oxygen atoms in total. The molecule has 0 aliphatic carbocycles. The maximum atomic E-state index is 8.57. The molecule has 0 amide bonds. The molecule has 0 saturated carbocycles. The fourth-order valence-electron chi connectivity index (χ4n) is 3.75. The lowest BCUT2D eigenvalue weighted by Gasteiger charge is -2.14. The van der Waals surface area contributed by atoms with Crippen LogP contribution in [-0.4, -0.2) is 22.2 Å². The van der Waals surface area contributed by atoms with Crippen molar-refractivity contribution in [2.24, 2.45) is 10.2 Å². The summed E-state index contributed by atoms with van der Waals surface area (Å²) in [6.07, 6.45) is 5.30. The first-order valence-corrected chi connectivity index (χ1v) is 10.7. The minimum atomic E-state index is -0.385. The first kappa shape index (κ1) is 19.0. The molecule has 0 spiro atoms. The summed E-state index contributed by atoms with van der Waals surface area (Å²) < 4.78 is 14.3.